The number of aromatic nitrogens is 5. The first-order valence-corrected chi connectivity index (χ1v) is 11.3. The Morgan fingerprint density at radius 2 is 2.09 bits per heavy atom. The van der Waals surface area contributed by atoms with Gasteiger partial charge in [-0.05, 0) is 37.7 Å². The summed E-state index contributed by atoms with van der Waals surface area (Å²) in [7, 11) is 1.55. The molecule has 13 heteroatoms. The third-order valence-corrected chi connectivity index (χ3v) is 7.17. The van der Waals surface area contributed by atoms with Crippen molar-refractivity contribution in [2.75, 3.05) is 10.6 Å². The van der Waals surface area contributed by atoms with Crippen LogP contribution in [0.3, 0.4) is 0 Å². The molecule has 0 saturated heterocycles. The van der Waals surface area contributed by atoms with Crippen molar-refractivity contribution in [1.29, 1.82) is 0 Å². The molecular weight excluding hydrogens is 456 g/mol. The van der Waals surface area contributed by atoms with E-state index in [-0.39, 0.29) is 29.1 Å². The SMILES string of the molecule is Cn1nc(C(F)F)cc1Nc1nncn1[C@H]1CCc2sc(NC(=O)C3CC3)c(C(=O)O)c2C1. The van der Waals surface area contributed by atoms with E-state index in [4.69, 9.17) is 0 Å². The Balaban J connectivity index is 1.40. The Hall–Kier alpha value is -3.35. The molecule has 0 unspecified atom stereocenters. The minimum Gasteiger partial charge on any atom is -0.478 e. The fourth-order valence-corrected chi connectivity index (χ4v) is 5.34. The van der Waals surface area contributed by atoms with Gasteiger partial charge in [-0.15, -0.1) is 21.5 Å². The molecule has 33 heavy (non-hydrogen) atoms. The van der Waals surface area contributed by atoms with Crippen LogP contribution in [-0.2, 0) is 24.7 Å². The van der Waals surface area contributed by atoms with Gasteiger partial charge in [0.15, 0.2) is 0 Å². The first-order valence-electron chi connectivity index (χ1n) is 10.5. The van der Waals surface area contributed by atoms with Gasteiger partial charge in [0, 0.05) is 30.0 Å². The number of nitrogens with one attached hydrogen (secondary N) is 2. The minimum absolute atomic E-state index is 0.0261. The molecule has 10 nitrogen and oxygen atoms in total. The normalized spacial score (nSPS) is 17.8. The van der Waals surface area contributed by atoms with E-state index in [1.54, 1.807) is 11.6 Å². The molecule has 3 aromatic heterocycles. The van der Waals surface area contributed by atoms with Crippen LogP contribution in [0.25, 0.3) is 0 Å². The van der Waals surface area contributed by atoms with E-state index in [0.717, 1.165) is 17.7 Å². The van der Waals surface area contributed by atoms with Gasteiger partial charge in [-0.1, -0.05) is 0 Å². The molecule has 174 valence electrons. The van der Waals surface area contributed by atoms with Gasteiger partial charge < -0.3 is 15.7 Å². The molecule has 3 heterocycles. The van der Waals surface area contributed by atoms with Gasteiger partial charge in [-0.2, -0.15) is 5.10 Å². The Bertz CT molecular complexity index is 1230. The van der Waals surface area contributed by atoms with E-state index in [2.05, 4.69) is 25.9 Å². The number of hydrogen-bond donors (Lipinski definition) is 3. The standard InChI is InChI=1S/C20H21F2N7O3S/c1-28-14(7-12(27-28)16(21)22)24-20-26-23-8-29(20)10-4-5-13-11(6-10)15(19(31)32)18(33-13)25-17(30)9-2-3-9/h7-10,16H,2-6H2,1H3,(H,24,26)(H,25,30)(H,31,32)/t10-/m0/s1. The molecule has 1 amide bonds. The second-order valence-electron chi connectivity index (χ2n) is 8.24. The Labute approximate surface area is 190 Å². The maximum absolute atomic E-state index is 13.0. The summed E-state index contributed by atoms with van der Waals surface area (Å²) in [6.45, 7) is 0. The van der Waals surface area contributed by atoms with Gasteiger partial charge in [0.25, 0.3) is 6.43 Å². The van der Waals surface area contributed by atoms with Gasteiger partial charge in [0.05, 0.1) is 5.56 Å². The van der Waals surface area contributed by atoms with Crippen LogP contribution in [0.15, 0.2) is 12.4 Å². The fourth-order valence-electron chi connectivity index (χ4n) is 4.10. The lowest BCUT2D eigenvalue weighted by Gasteiger charge is -2.25. The second kappa shape index (κ2) is 8.21. The number of thiophene rings is 1. The van der Waals surface area contributed by atoms with Gasteiger partial charge in [0.1, 0.15) is 22.8 Å². The number of alkyl halides is 2. The van der Waals surface area contributed by atoms with Crippen molar-refractivity contribution in [2.24, 2.45) is 13.0 Å². The predicted octanol–water partition coefficient (Wildman–Crippen LogP) is 3.53. The number of fused-ring (bicyclic) bond motifs is 1. The molecule has 2 aliphatic rings. The lowest BCUT2D eigenvalue weighted by molar-refractivity contribution is -0.117. The number of aromatic carboxylic acids is 1. The summed E-state index contributed by atoms with van der Waals surface area (Å²) in [4.78, 5) is 25.2. The molecule has 3 aromatic rings. The largest absolute Gasteiger partial charge is 0.478 e. The summed E-state index contributed by atoms with van der Waals surface area (Å²) in [6.07, 6.45) is 2.29. The summed E-state index contributed by atoms with van der Waals surface area (Å²) in [5, 5.41) is 27.9. The van der Waals surface area contributed by atoms with Crippen molar-refractivity contribution in [3.8, 4) is 0 Å². The number of carboxylic acids is 1. The molecule has 0 bridgehead atoms. The van der Waals surface area contributed by atoms with Crippen LogP contribution in [0.5, 0.6) is 0 Å². The third kappa shape index (κ3) is 4.08. The Morgan fingerprint density at radius 3 is 2.76 bits per heavy atom. The molecule has 0 radical (unpaired) electrons. The number of rotatable bonds is 7. The third-order valence-electron chi connectivity index (χ3n) is 5.96. The number of anilines is 3. The van der Waals surface area contributed by atoms with Crippen molar-refractivity contribution >= 4 is 40.0 Å². The smallest absolute Gasteiger partial charge is 0.339 e. The predicted molar refractivity (Wildman–Crippen MR) is 115 cm³/mol. The summed E-state index contributed by atoms with van der Waals surface area (Å²) < 4.78 is 29.0. The topological polar surface area (TPSA) is 127 Å². The molecular formula is C20H21F2N7O3S. The second-order valence-corrected chi connectivity index (χ2v) is 9.34. The van der Waals surface area contributed by atoms with Gasteiger partial charge >= 0.3 is 5.97 Å². The summed E-state index contributed by atoms with van der Waals surface area (Å²) in [5.41, 5.74) is 0.498. The van der Waals surface area contributed by atoms with Crippen LogP contribution in [0.4, 0.5) is 25.5 Å². The molecule has 2 aliphatic carbocycles. The van der Waals surface area contributed by atoms with E-state index >= 15 is 0 Å². The van der Waals surface area contributed by atoms with Crippen molar-refractivity contribution < 1.29 is 23.5 Å². The highest BCUT2D eigenvalue weighted by Gasteiger charge is 2.34. The number of carbonyl (C=O) groups excluding carboxylic acids is 1. The number of carboxylic acid groups (broad SMARTS) is 1. The zero-order chi connectivity index (χ0) is 23.3. The van der Waals surface area contributed by atoms with E-state index in [0.29, 0.717) is 41.6 Å². The molecule has 0 aliphatic heterocycles. The van der Waals surface area contributed by atoms with Crippen LogP contribution in [-0.4, -0.2) is 41.5 Å². The number of carbonyl (C=O) groups is 2. The van der Waals surface area contributed by atoms with E-state index in [9.17, 15) is 23.5 Å². The van der Waals surface area contributed by atoms with Crippen LogP contribution < -0.4 is 10.6 Å². The van der Waals surface area contributed by atoms with Gasteiger partial charge in [-0.25, -0.2) is 13.6 Å². The minimum atomic E-state index is -2.69. The molecule has 0 aromatic carbocycles. The van der Waals surface area contributed by atoms with Crippen LogP contribution >= 0.6 is 11.3 Å². The zero-order valence-electron chi connectivity index (χ0n) is 17.6. The zero-order valence-corrected chi connectivity index (χ0v) is 18.4. The molecule has 0 spiro atoms. The first kappa shape index (κ1) is 21.5. The monoisotopic (exact) mass is 477 g/mol. The number of amides is 1. The Kier molecular flexibility index (Phi) is 5.35. The summed E-state index contributed by atoms with van der Waals surface area (Å²) in [6, 6.07) is 1.11. The quantitative estimate of drug-likeness (QED) is 0.475. The van der Waals surface area contributed by atoms with Crippen LogP contribution in [0.1, 0.15) is 58.2 Å². The van der Waals surface area contributed by atoms with Gasteiger partial charge in [-0.3, -0.25) is 14.0 Å². The molecule has 1 saturated carbocycles. The molecule has 1 atom stereocenters. The fraction of sp³-hybridized carbons (Fsp3) is 0.450. The molecule has 5 rings (SSSR count). The lowest BCUT2D eigenvalue weighted by atomic mass is 9.91. The number of halogens is 2. The van der Waals surface area contributed by atoms with Crippen LogP contribution in [0, 0.1) is 5.92 Å². The van der Waals surface area contributed by atoms with Crippen molar-refractivity contribution in [3.63, 3.8) is 0 Å². The van der Waals surface area contributed by atoms with E-state index in [1.807, 2.05) is 0 Å². The average Bonchev–Trinajstić information content (AvgIpc) is 3.25. The number of nitrogens with zero attached hydrogens (tertiary/aromatic N) is 5. The maximum Gasteiger partial charge on any atom is 0.339 e. The van der Waals surface area contributed by atoms with Crippen molar-refractivity contribution in [2.45, 2.75) is 44.6 Å². The van der Waals surface area contributed by atoms with Crippen LogP contribution in [0.2, 0.25) is 0 Å². The Morgan fingerprint density at radius 1 is 1.30 bits per heavy atom. The lowest BCUT2D eigenvalue weighted by Crippen LogP contribution is -2.20. The van der Waals surface area contributed by atoms with Crippen molar-refractivity contribution in [3.05, 3.63) is 34.1 Å². The highest BCUT2D eigenvalue weighted by atomic mass is 32.1. The summed E-state index contributed by atoms with van der Waals surface area (Å²) >= 11 is 1.33. The molecule has 3 N–H and O–H groups in total. The maximum atomic E-state index is 13.0. The van der Waals surface area contributed by atoms with E-state index in [1.165, 1.54) is 28.4 Å². The first-order chi connectivity index (χ1) is 15.8. The van der Waals surface area contributed by atoms with Gasteiger partial charge in [0.2, 0.25) is 11.9 Å². The number of hydrogen-bond acceptors (Lipinski definition) is 7. The highest BCUT2D eigenvalue weighted by Crippen LogP contribution is 2.42. The highest BCUT2D eigenvalue weighted by molar-refractivity contribution is 7.17. The number of aryl methyl sites for hydroxylation is 2. The molecule has 1 fully saturated rings. The average molecular weight is 477 g/mol. The van der Waals surface area contributed by atoms with E-state index < -0.39 is 12.4 Å². The summed E-state index contributed by atoms with van der Waals surface area (Å²) in [5.74, 6) is -0.542. The van der Waals surface area contributed by atoms with Crippen molar-refractivity contribution in [1.82, 2.24) is 24.5 Å².